The van der Waals surface area contributed by atoms with E-state index in [1.54, 1.807) is 21.3 Å². The molecule has 234 valence electrons. The van der Waals surface area contributed by atoms with Crippen LogP contribution in [0, 0.1) is 0 Å². The molecule has 1 aliphatic rings. The largest absolute Gasteiger partial charge is 0.493 e. The van der Waals surface area contributed by atoms with Gasteiger partial charge >= 0.3 is 0 Å². The molecule has 3 aromatic rings. The fourth-order valence-corrected chi connectivity index (χ4v) is 5.86. The van der Waals surface area contributed by atoms with Crippen LogP contribution in [0.3, 0.4) is 0 Å². The Bertz CT molecular complexity index is 1320. The van der Waals surface area contributed by atoms with Crippen molar-refractivity contribution in [1.29, 1.82) is 0 Å². The number of carbonyl (C=O) groups excluding carboxylic acids is 1. The predicted octanol–water partition coefficient (Wildman–Crippen LogP) is 7.35. The highest BCUT2D eigenvalue weighted by Crippen LogP contribution is 2.42. The highest BCUT2D eigenvalue weighted by molar-refractivity contribution is 5.96. The number of amides is 1. The third-order valence-corrected chi connectivity index (χ3v) is 8.31. The number of nitrogens with zero attached hydrogens (tertiary/aromatic N) is 4. The molecular weight excluding hydrogens is 540 g/mol. The Hall–Kier alpha value is -3.52. The molecule has 0 saturated carbocycles. The number of likely N-dealkylation sites (tertiary alicyclic amines) is 1. The molecule has 0 N–H and O–H groups in total. The molecule has 4 rings (SSSR count). The molecule has 1 aliphatic heterocycles. The van der Waals surface area contributed by atoms with Gasteiger partial charge in [0.1, 0.15) is 5.69 Å². The van der Waals surface area contributed by atoms with Crippen LogP contribution in [0.4, 0.5) is 0 Å². The lowest BCUT2D eigenvalue weighted by Gasteiger charge is -2.24. The molecule has 3 heterocycles. The number of fused-ring (bicyclic) bond motifs is 1. The molecule has 1 amide bonds. The van der Waals surface area contributed by atoms with Crippen molar-refractivity contribution in [3.63, 3.8) is 0 Å². The van der Waals surface area contributed by atoms with Gasteiger partial charge in [0.05, 0.1) is 26.8 Å². The fourth-order valence-electron chi connectivity index (χ4n) is 5.86. The summed E-state index contributed by atoms with van der Waals surface area (Å²) in [4.78, 5) is 18.4. The number of hydrogen-bond donors (Lipinski definition) is 0. The van der Waals surface area contributed by atoms with E-state index in [4.69, 9.17) is 19.3 Å². The predicted molar refractivity (Wildman–Crippen MR) is 175 cm³/mol. The van der Waals surface area contributed by atoms with Crippen LogP contribution < -0.4 is 14.2 Å². The molecule has 8 heteroatoms. The number of carbonyl (C=O) groups is 1. The number of piperidine rings is 1. The summed E-state index contributed by atoms with van der Waals surface area (Å²) in [6.07, 6.45) is 16.7. The summed E-state index contributed by atoms with van der Waals surface area (Å²) in [5.74, 6) is 1.78. The first-order valence-electron chi connectivity index (χ1n) is 16.0. The van der Waals surface area contributed by atoms with Crippen molar-refractivity contribution in [2.75, 3.05) is 54.1 Å². The van der Waals surface area contributed by atoms with Crippen molar-refractivity contribution in [2.24, 2.45) is 0 Å². The second kappa shape index (κ2) is 16.4. The first kappa shape index (κ1) is 32.4. The monoisotopic (exact) mass is 590 g/mol. The van der Waals surface area contributed by atoms with Gasteiger partial charge in [-0.25, -0.2) is 4.52 Å². The lowest BCUT2D eigenvalue weighted by molar-refractivity contribution is 0.0749. The molecule has 2 aromatic heterocycles. The molecule has 0 unspecified atom stereocenters. The van der Waals surface area contributed by atoms with Crippen molar-refractivity contribution in [2.45, 2.75) is 71.6 Å². The van der Waals surface area contributed by atoms with E-state index in [0.29, 0.717) is 22.8 Å². The normalized spacial score (nSPS) is 14.0. The minimum atomic E-state index is 0.0912. The lowest BCUT2D eigenvalue weighted by atomic mass is 10.0. The Labute approximate surface area is 257 Å². The smallest absolute Gasteiger partial charge is 0.253 e. The minimum absolute atomic E-state index is 0.0912. The Morgan fingerprint density at radius 3 is 2.14 bits per heavy atom. The van der Waals surface area contributed by atoms with Crippen LogP contribution in [0.1, 0.15) is 87.6 Å². The van der Waals surface area contributed by atoms with E-state index in [0.717, 1.165) is 93.6 Å². The molecule has 0 atom stereocenters. The maximum absolute atomic E-state index is 13.8. The maximum atomic E-state index is 13.8. The number of aromatic nitrogens is 2. The molecule has 0 radical (unpaired) electrons. The molecule has 8 nitrogen and oxygen atoms in total. The van der Waals surface area contributed by atoms with Crippen LogP contribution in [0.5, 0.6) is 17.2 Å². The summed E-state index contributed by atoms with van der Waals surface area (Å²) in [7, 11) is 4.84. The third kappa shape index (κ3) is 8.11. The topological polar surface area (TPSA) is 68.5 Å². The van der Waals surface area contributed by atoms with Gasteiger partial charge in [0.15, 0.2) is 11.5 Å². The number of ether oxygens (including phenoxy) is 3. The standard InChI is InChI=1S/C35H50N4O4/c1-6-8-11-21-38(22-12-9-7-2)35(40)27-17-23-39-30(24-27)29(16-15-20-37-18-13-10-14-19-37)33(36-39)28-25-31(41-3)34(43-5)32(26-28)42-4/h15-17,23-26H,6-14,18-22H2,1-5H3/b16-15+. The summed E-state index contributed by atoms with van der Waals surface area (Å²) in [5, 5.41) is 5.00. The molecular formula is C35H50N4O4. The van der Waals surface area contributed by atoms with E-state index in [1.807, 2.05) is 39.9 Å². The van der Waals surface area contributed by atoms with E-state index in [-0.39, 0.29) is 5.91 Å². The van der Waals surface area contributed by atoms with Crippen LogP contribution in [-0.2, 0) is 0 Å². The van der Waals surface area contributed by atoms with Crippen molar-refractivity contribution < 1.29 is 19.0 Å². The van der Waals surface area contributed by atoms with Crippen LogP contribution in [0.25, 0.3) is 22.9 Å². The summed E-state index contributed by atoms with van der Waals surface area (Å²) in [5.41, 5.74) is 4.20. The molecule has 0 bridgehead atoms. The van der Waals surface area contributed by atoms with Gasteiger partial charge in [-0.05, 0) is 63.0 Å². The molecule has 1 fully saturated rings. The van der Waals surface area contributed by atoms with Crippen molar-refractivity contribution >= 4 is 17.5 Å². The van der Waals surface area contributed by atoms with Crippen LogP contribution in [0.2, 0.25) is 0 Å². The van der Waals surface area contributed by atoms with Crippen molar-refractivity contribution in [1.82, 2.24) is 19.4 Å². The van der Waals surface area contributed by atoms with Gasteiger partial charge < -0.3 is 19.1 Å². The van der Waals surface area contributed by atoms with Gasteiger partial charge in [0, 0.05) is 42.5 Å². The number of rotatable bonds is 16. The molecule has 43 heavy (non-hydrogen) atoms. The zero-order valence-electron chi connectivity index (χ0n) is 26.9. The maximum Gasteiger partial charge on any atom is 0.253 e. The third-order valence-electron chi connectivity index (χ3n) is 8.31. The van der Waals surface area contributed by atoms with E-state index in [2.05, 4.69) is 30.9 Å². The number of benzene rings is 1. The van der Waals surface area contributed by atoms with Gasteiger partial charge in [0.25, 0.3) is 5.91 Å². The van der Waals surface area contributed by atoms with E-state index >= 15 is 0 Å². The summed E-state index contributed by atoms with van der Waals surface area (Å²) >= 11 is 0. The number of hydrogen-bond acceptors (Lipinski definition) is 6. The van der Waals surface area contributed by atoms with Crippen LogP contribution in [0.15, 0.2) is 36.5 Å². The minimum Gasteiger partial charge on any atom is -0.493 e. The van der Waals surface area contributed by atoms with E-state index in [1.165, 1.54) is 19.3 Å². The molecule has 1 aromatic carbocycles. The Kier molecular flexibility index (Phi) is 12.3. The average Bonchev–Trinajstić information content (AvgIpc) is 3.41. The van der Waals surface area contributed by atoms with Crippen LogP contribution in [-0.4, -0.2) is 79.4 Å². The Morgan fingerprint density at radius 1 is 0.907 bits per heavy atom. The highest BCUT2D eigenvalue weighted by Gasteiger charge is 2.21. The Morgan fingerprint density at radius 2 is 1.56 bits per heavy atom. The first-order chi connectivity index (χ1) is 21.0. The van der Waals surface area contributed by atoms with Gasteiger partial charge in [-0.2, -0.15) is 5.10 Å². The number of unbranched alkanes of at least 4 members (excludes halogenated alkanes) is 4. The summed E-state index contributed by atoms with van der Waals surface area (Å²) in [6, 6.07) is 7.76. The van der Waals surface area contributed by atoms with E-state index < -0.39 is 0 Å². The van der Waals surface area contributed by atoms with Gasteiger partial charge in [-0.3, -0.25) is 9.69 Å². The quantitative estimate of drug-likeness (QED) is 0.163. The fraction of sp³-hybridized carbons (Fsp3) is 0.543. The zero-order chi connectivity index (χ0) is 30.6. The SMILES string of the molecule is CCCCCN(CCCCC)C(=O)c1ccn2nc(-c3cc(OC)c(OC)c(OC)c3)c(/C=C/CN3CCCCC3)c2c1. The van der Waals surface area contributed by atoms with Gasteiger partial charge in [-0.15, -0.1) is 0 Å². The molecule has 0 aliphatic carbocycles. The zero-order valence-corrected chi connectivity index (χ0v) is 26.9. The number of methoxy groups -OCH3 is 3. The van der Waals surface area contributed by atoms with Crippen molar-refractivity contribution in [3.05, 3.63) is 47.7 Å². The van der Waals surface area contributed by atoms with Crippen LogP contribution >= 0.6 is 0 Å². The molecule has 1 saturated heterocycles. The Balaban J connectivity index is 1.76. The van der Waals surface area contributed by atoms with Gasteiger partial charge in [-0.1, -0.05) is 58.1 Å². The second-order valence-electron chi connectivity index (χ2n) is 11.4. The van der Waals surface area contributed by atoms with E-state index in [9.17, 15) is 4.79 Å². The second-order valence-corrected chi connectivity index (χ2v) is 11.4. The summed E-state index contributed by atoms with van der Waals surface area (Å²) in [6.45, 7) is 9.12. The lowest BCUT2D eigenvalue weighted by Crippen LogP contribution is -2.33. The highest BCUT2D eigenvalue weighted by atomic mass is 16.5. The molecule has 0 spiro atoms. The van der Waals surface area contributed by atoms with Gasteiger partial charge in [0.2, 0.25) is 5.75 Å². The number of pyridine rings is 1. The van der Waals surface area contributed by atoms with Crippen molar-refractivity contribution in [3.8, 4) is 28.5 Å². The first-order valence-corrected chi connectivity index (χ1v) is 16.0. The summed E-state index contributed by atoms with van der Waals surface area (Å²) < 4.78 is 18.8. The average molecular weight is 591 g/mol.